The zero-order valence-electron chi connectivity index (χ0n) is 24.6. The Balaban J connectivity index is 1.38. The lowest BCUT2D eigenvalue weighted by atomic mass is 9.93. The van der Waals surface area contributed by atoms with Crippen LogP contribution in [0.4, 0.5) is 11.6 Å². The van der Waals surface area contributed by atoms with Crippen molar-refractivity contribution in [2.45, 2.75) is 31.7 Å². The summed E-state index contributed by atoms with van der Waals surface area (Å²) in [5.41, 5.74) is 11.7. The molecule has 0 aliphatic carbocycles. The van der Waals surface area contributed by atoms with Gasteiger partial charge >= 0.3 is 0 Å². The number of nitrogens with one attached hydrogen (secondary N) is 1. The van der Waals surface area contributed by atoms with Crippen LogP contribution in [0.1, 0.15) is 36.6 Å². The zero-order chi connectivity index (χ0) is 30.8. The first-order valence-corrected chi connectivity index (χ1v) is 14.8. The molecule has 1 atom stereocenters. The summed E-state index contributed by atoms with van der Waals surface area (Å²) in [4.78, 5) is 29.9. The molecule has 0 saturated carbocycles. The molecule has 13 nitrogen and oxygen atoms in total. The first kappa shape index (κ1) is 29.9. The third-order valence-electron chi connectivity index (χ3n) is 8.20. The van der Waals surface area contributed by atoms with Crippen LogP contribution >= 0.6 is 11.6 Å². The monoisotopic (exact) mass is 622 g/mol. The predicted molar refractivity (Wildman–Crippen MR) is 165 cm³/mol. The van der Waals surface area contributed by atoms with Gasteiger partial charge in [0.25, 0.3) is 0 Å². The number of primary amides is 1. The number of carbonyl (C=O) groups excluding carboxylic acids is 1. The summed E-state index contributed by atoms with van der Waals surface area (Å²) < 4.78 is 13.0. The number of aliphatic hydroxyl groups is 1. The molecule has 2 aromatic heterocycles. The van der Waals surface area contributed by atoms with Gasteiger partial charge in [-0.2, -0.15) is 0 Å². The number of nitrogens with zero attached hydrogens (tertiary/aromatic N) is 6. The van der Waals surface area contributed by atoms with Gasteiger partial charge in [-0.1, -0.05) is 11.6 Å². The number of likely N-dealkylation sites (tertiary alicyclic amines) is 1. The second-order valence-electron chi connectivity index (χ2n) is 10.9. The smallest absolute Gasteiger partial charge is 0.223 e. The number of ether oxygens (including phenoxy) is 2. The van der Waals surface area contributed by atoms with Crippen LogP contribution in [0.5, 0.6) is 11.5 Å². The molecule has 44 heavy (non-hydrogen) atoms. The maximum absolute atomic E-state index is 12.0. The van der Waals surface area contributed by atoms with Crippen molar-refractivity contribution >= 4 is 40.0 Å². The number of anilines is 2. The van der Waals surface area contributed by atoms with E-state index in [4.69, 9.17) is 36.7 Å². The second-order valence-corrected chi connectivity index (χ2v) is 11.3. The summed E-state index contributed by atoms with van der Waals surface area (Å²) in [6, 6.07) is 10.9. The number of halogens is 1. The fourth-order valence-corrected chi connectivity index (χ4v) is 6.16. The zero-order valence-corrected chi connectivity index (χ0v) is 25.3. The van der Waals surface area contributed by atoms with Gasteiger partial charge in [-0.05, 0) is 68.6 Å². The van der Waals surface area contributed by atoms with Crippen molar-refractivity contribution < 1.29 is 24.2 Å². The Morgan fingerprint density at radius 3 is 2.64 bits per heavy atom. The fourth-order valence-electron chi connectivity index (χ4n) is 5.99. The highest BCUT2D eigenvalue weighted by Gasteiger charge is 2.30. The molecule has 1 saturated heterocycles. The minimum atomic E-state index is -0.521. The molecular weight excluding hydrogens is 588 g/mol. The van der Waals surface area contributed by atoms with Gasteiger partial charge in [0, 0.05) is 29.3 Å². The lowest BCUT2D eigenvalue weighted by molar-refractivity contribution is -0.117. The van der Waals surface area contributed by atoms with Crippen molar-refractivity contribution in [3.63, 3.8) is 0 Å². The van der Waals surface area contributed by atoms with Gasteiger partial charge in [-0.15, -0.1) is 10.3 Å². The Hall–Kier alpha value is -4.17. The Bertz CT molecular complexity index is 1660. The van der Waals surface area contributed by atoms with Crippen LogP contribution in [0.25, 0.3) is 16.6 Å². The number of rotatable bonds is 9. The number of hydrazine groups is 1. The molecule has 1 unspecified atom stereocenters. The Labute approximate surface area is 259 Å². The van der Waals surface area contributed by atoms with Crippen LogP contribution < -0.4 is 25.8 Å². The number of aliphatic hydroxyl groups excluding tert-OH is 1. The first-order chi connectivity index (χ1) is 21.4. The van der Waals surface area contributed by atoms with Crippen LogP contribution in [0.3, 0.4) is 0 Å². The Morgan fingerprint density at radius 2 is 1.91 bits per heavy atom. The summed E-state index contributed by atoms with van der Waals surface area (Å²) in [6.45, 7) is 2.28. The van der Waals surface area contributed by atoms with Gasteiger partial charge in [0.1, 0.15) is 23.5 Å². The van der Waals surface area contributed by atoms with Crippen LogP contribution in [0.15, 0.2) is 42.7 Å². The topological polar surface area (TPSA) is 153 Å². The van der Waals surface area contributed by atoms with Crippen LogP contribution in [0.2, 0.25) is 5.02 Å². The number of aromatic nitrogens is 4. The quantitative estimate of drug-likeness (QED) is 0.252. The maximum Gasteiger partial charge on any atom is 0.223 e. The van der Waals surface area contributed by atoms with Gasteiger partial charge < -0.3 is 20.3 Å². The molecule has 5 heterocycles. The molecule has 2 aromatic carbocycles. The van der Waals surface area contributed by atoms with E-state index in [-0.39, 0.29) is 19.1 Å². The number of hydrogen-bond donors (Lipinski definition) is 3. The van der Waals surface area contributed by atoms with Gasteiger partial charge in [0.05, 0.1) is 43.8 Å². The second kappa shape index (κ2) is 12.8. The van der Waals surface area contributed by atoms with E-state index in [9.17, 15) is 9.90 Å². The van der Waals surface area contributed by atoms with Crippen molar-refractivity contribution in [1.82, 2.24) is 24.6 Å². The summed E-state index contributed by atoms with van der Waals surface area (Å²) >= 11 is 6.31. The van der Waals surface area contributed by atoms with Crippen molar-refractivity contribution in [2.24, 2.45) is 11.7 Å². The van der Waals surface area contributed by atoms with E-state index in [2.05, 4.69) is 26.4 Å². The van der Waals surface area contributed by atoms with Gasteiger partial charge in [-0.3, -0.25) is 20.0 Å². The fraction of sp³-hybridized carbons (Fsp3) is 0.400. The van der Waals surface area contributed by atoms with Gasteiger partial charge in [0.15, 0.2) is 11.6 Å². The van der Waals surface area contributed by atoms with E-state index in [0.717, 1.165) is 42.8 Å². The molecular formula is C30H35ClN8O5. The van der Waals surface area contributed by atoms with Crippen LogP contribution in [0, 0.1) is 5.92 Å². The molecule has 4 aromatic rings. The highest BCUT2D eigenvalue weighted by atomic mass is 35.5. The molecule has 1 amide bonds. The number of nitrogens with two attached hydrogens (primary N) is 1. The summed E-state index contributed by atoms with van der Waals surface area (Å²) in [7, 11) is 3.21. The normalized spacial score (nSPS) is 17.7. The molecule has 1 fully saturated rings. The molecule has 4 bridgehead atoms. The molecule has 3 aliphatic heterocycles. The Kier molecular flexibility index (Phi) is 8.71. The lowest BCUT2D eigenvalue weighted by Gasteiger charge is -2.38. The highest BCUT2D eigenvalue weighted by molar-refractivity contribution is 6.30. The van der Waals surface area contributed by atoms with Crippen LogP contribution in [-0.2, 0) is 16.1 Å². The van der Waals surface area contributed by atoms with Crippen molar-refractivity contribution in [3.8, 4) is 17.2 Å². The number of fused-ring (bicyclic) bond motifs is 5. The standard InChI is InChI=1S/C30H35ClN8O5/c1-42-26-4-3-19(31)11-25(26)38-20(12-28(32)41)13-29(35-38)36-39-30-21-15-27(43-2)22(14-23(21)33-17-34-30)24(7-10-44-39)37-8-5-18(16-40)6-9-37/h3-4,11,13-15,17-18,24,40H,5-10,12,16H2,1-2H3,(H2,32,41)(H,35,36). The summed E-state index contributed by atoms with van der Waals surface area (Å²) in [6.07, 6.45) is 3.93. The van der Waals surface area contributed by atoms with E-state index in [1.54, 1.807) is 43.2 Å². The van der Waals surface area contributed by atoms with Crippen molar-refractivity contribution in [2.75, 3.05) is 51.1 Å². The van der Waals surface area contributed by atoms with E-state index < -0.39 is 5.91 Å². The summed E-state index contributed by atoms with van der Waals surface area (Å²) in [5, 5.41) is 17.1. The van der Waals surface area contributed by atoms with E-state index >= 15 is 0 Å². The predicted octanol–water partition coefficient (Wildman–Crippen LogP) is 3.43. The van der Waals surface area contributed by atoms with Crippen molar-refractivity contribution in [3.05, 3.63) is 59.0 Å². The van der Waals surface area contributed by atoms with E-state index in [1.807, 2.05) is 6.07 Å². The Morgan fingerprint density at radius 1 is 1.11 bits per heavy atom. The molecule has 7 rings (SSSR count). The number of methoxy groups -OCH3 is 2. The highest BCUT2D eigenvalue weighted by Crippen LogP contribution is 2.40. The number of hydrogen-bond acceptors (Lipinski definition) is 11. The van der Waals surface area contributed by atoms with Crippen LogP contribution in [-0.4, -0.2) is 76.2 Å². The SMILES string of the molecule is COc1cc2c3ncnc2cc1C(N1CCC(CO)CC1)CCON3Nc1cc(CC(N)=O)n(-c2cc(Cl)ccc2OC)n1. The average molecular weight is 623 g/mol. The molecule has 14 heteroatoms. The number of amides is 1. The average Bonchev–Trinajstić information content (AvgIpc) is 3.42. The number of piperidine rings is 1. The van der Waals surface area contributed by atoms with E-state index in [1.165, 1.54) is 11.5 Å². The van der Waals surface area contributed by atoms with Crippen molar-refractivity contribution in [1.29, 1.82) is 0 Å². The maximum atomic E-state index is 12.0. The minimum Gasteiger partial charge on any atom is -0.496 e. The third-order valence-corrected chi connectivity index (χ3v) is 8.44. The summed E-state index contributed by atoms with van der Waals surface area (Å²) in [5.74, 6) is 1.90. The number of carbonyl (C=O) groups is 1. The molecule has 3 aliphatic rings. The third kappa shape index (κ3) is 5.95. The molecule has 0 spiro atoms. The molecule has 0 radical (unpaired) electrons. The van der Waals surface area contributed by atoms with E-state index in [0.29, 0.717) is 58.1 Å². The van der Waals surface area contributed by atoms with Gasteiger partial charge in [-0.25, -0.2) is 14.6 Å². The minimum absolute atomic E-state index is 0.0176. The molecule has 232 valence electrons. The first-order valence-electron chi connectivity index (χ1n) is 14.5. The molecule has 4 N–H and O–H groups in total. The lowest BCUT2D eigenvalue weighted by Crippen LogP contribution is -2.39. The number of benzene rings is 2. The van der Waals surface area contributed by atoms with Gasteiger partial charge in [0.2, 0.25) is 5.91 Å². The largest absolute Gasteiger partial charge is 0.496 e.